The van der Waals surface area contributed by atoms with Crippen LogP contribution in [0.3, 0.4) is 0 Å². The predicted molar refractivity (Wildman–Crippen MR) is 109 cm³/mol. The van der Waals surface area contributed by atoms with Gasteiger partial charge in [0.1, 0.15) is 6.04 Å². The molecule has 0 fully saturated rings. The smallest absolute Gasteiger partial charge is 0.328 e. The van der Waals surface area contributed by atoms with Gasteiger partial charge in [0.15, 0.2) is 11.5 Å². The molecule has 0 aromatic heterocycles. The third-order valence-corrected chi connectivity index (χ3v) is 4.46. The van der Waals surface area contributed by atoms with E-state index < -0.39 is 12.0 Å². The van der Waals surface area contributed by atoms with Crippen molar-refractivity contribution in [3.8, 4) is 17.2 Å². The Morgan fingerprint density at radius 3 is 2.03 bits per heavy atom. The van der Waals surface area contributed by atoms with Gasteiger partial charge in [-0.1, -0.05) is 30.3 Å². The van der Waals surface area contributed by atoms with Crippen molar-refractivity contribution in [1.29, 1.82) is 0 Å². The van der Waals surface area contributed by atoms with Crippen molar-refractivity contribution in [2.24, 2.45) is 0 Å². The van der Waals surface area contributed by atoms with Crippen molar-refractivity contribution in [2.45, 2.75) is 26.4 Å². The first-order valence-corrected chi connectivity index (χ1v) is 9.28. The fourth-order valence-electron chi connectivity index (χ4n) is 2.93. The summed E-state index contributed by atoms with van der Waals surface area (Å²) in [6.07, 6.45) is 0. The van der Waals surface area contributed by atoms with Crippen molar-refractivity contribution >= 4 is 11.9 Å². The Hall–Kier alpha value is -3.22. The molecule has 7 heteroatoms. The molecule has 0 N–H and O–H groups in total. The van der Waals surface area contributed by atoms with Gasteiger partial charge in [-0.15, -0.1) is 0 Å². The maximum Gasteiger partial charge on any atom is 0.328 e. The van der Waals surface area contributed by atoms with Gasteiger partial charge in [-0.25, -0.2) is 4.79 Å². The van der Waals surface area contributed by atoms with Gasteiger partial charge >= 0.3 is 5.97 Å². The number of ether oxygens (including phenoxy) is 4. The van der Waals surface area contributed by atoms with Crippen LogP contribution in [-0.4, -0.2) is 50.8 Å². The molecular formula is C22H27NO6. The minimum absolute atomic E-state index is 0.237. The average molecular weight is 401 g/mol. The number of hydrogen-bond donors (Lipinski definition) is 0. The van der Waals surface area contributed by atoms with Gasteiger partial charge in [-0.05, 0) is 31.5 Å². The lowest BCUT2D eigenvalue weighted by molar-refractivity contribution is -0.148. The van der Waals surface area contributed by atoms with Crippen molar-refractivity contribution in [1.82, 2.24) is 4.90 Å². The Balaban J connectivity index is 2.46. The lowest BCUT2D eigenvalue weighted by Gasteiger charge is -2.28. The van der Waals surface area contributed by atoms with Crippen LogP contribution < -0.4 is 14.2 Å². The molecule has 0 saturated heterocycles. The second-order valence-electron chi connectivity index (χ2n) is 6.26. The normalized spacial score (nSPS) is 11.3. The summed E-state index contributed by atoms with van der Waals surface area (Å²) in [6.45, 7) is 3.86. The molecule has 0 aliphatic carbocycles. The van der Waals surface area contributed by atoms with E-state index in [1.165, 1.54) is 26.2 Å². The fourth-order valence-corrected chi connectivity index (χ4v) is 2.93. The maximum absolute atomic E-state index is 13.4. The summed E-state index contributed by atoms with van der Waals surface area (Å²) in [5.74, 6) is 0.287. The molecule has 2 rings (SSSR count). The lowest BCUT2D eigenvalue weighted by atomic mass is 10.1. The molecule has 7 nitrogen and oxygen atoms in total. The summed E-state index contributed by atoms with van der Waals surface area (Å²) in [4.78, 5) is 27.2. The number of carbonyl (C=O) groups excluding carboxylic acids is 2. The summed E-state index contributed by atoms with van der Waals surface area (Å²) in [7, 11) is 4.45. The Morgan fingerprint density at radius 1 is 0.966 bits per heavy atom. The van der Waals surface area contributed by atoms with E-state index in [9.17, 15) is 9.59 Å². The van der Waals surface area contributed by atoms with Gasteiger partial charge in [-0.2, -0.15) is 0 Å². The SMILES string of the molecule is CCOC(=O)C(C)N(Cc1ccccc1)C(=O)c1cc(OC)c(OC)c(OC)c1. The minimum atomic E-state index is -0.776. The predicted octanol–water partition coefficient (Wildman–Crippen LogP) is 3.31. The molecule has 2 aromatic rings. The van der Waals surface area contributed by atoms with Crippen LogP contribution in [0.4, 0.5) is 0 Å². The van der Waals surface area contributed by atoms with Gasteiger partial charge in [0.25, 0.3) is 5.91 Å². The van der Waals surface area contributed by atoms with Crippen molar-refractivity contribution in [2.75, 3.05) is 27.9 Å². The first kappa shape index (κ1) is 22.1. The first-order valence-electron chi connectivity index (χ1n) is 9.28. The van der Waals surface area contributed by atoms with E-state index in [0.29, 0.717) is 22.8 Å². The molecule has 0 radical (unpaired) electrons. The van der Waals surface area contributed by atoms with Crippen LogP contribution in [-0.2, 0) is 16.1 Å². The number of nitrogens with zero attached hydrogens (tertiary/aromatic N) is 1. The standard InChI is InChI=1S/C22H27NO6/c1-6-29-22(25)15(2)23(14-16-10-8-7-9-11-16)21(24)17-12-18(26-3)20(28-5)19(13-17)27-4/h7-13,15H,6,14H2,1-5H3. The number of rotatable bonds is 9. The highest BCUT2D eigenvalue weighted by Crippen LogP contribution is 2.38. The first-order chi connectivity index (χ1) is 14.0. The lowest BCUT2D eigenvalue weighted by Crippen LogP contribution is -2.43. The third-order valence-electron chi connectivity index (χ3n) is 4.46. The molecule has 156 valence electrons. The zero-order valence-corrected chi connectivity index (χ0v) is 17.4. The topological polar surface area (TPSA) is 74.3 Å². The molecule has 0 aliphatic rings. The maximum atomic E-state index is 13.4. The van der Waals surface area contributed by atoms with Crippen molar-refractivity contribution < 1.29 is 28.5 Å². The van der Waals surface area contributed by atoms with E-state index >= 15 is 0 Å². The summed E-state index contributed by atoms with van der Waals surface area (Å²) >= 11 is 0. The highest BCUT2D eigenvalue weighted by Gasteiger charge is 2.29. The van der Waals surface area contributed by atoms with E-state index in [1.807, 2.05) is 30.3 Å². The van der Waals surface area contributed by atoms with E-state index in [-0.39, 0.29) is 19.1 Å². The highest BCUT2D eigenvalue weighted by molar-refractivity contribution is 5.98. The Kier molecular flexibility index (Phi) is 7.88. The van der Waals surface area contributed by atoms with Gasteiger partial charge in [0, 0.05) is 12.1 Å². The van der Waals surface area contributed by atoms with E-state index in [1.54, 1.807) is 26.0 Å². The van der Waals surface area contributed by atoms with Crippen LogP contribution in [0.25, 0.3) is 0 Å². The molecule has 0 heterocycles. The molecule has 29 heavy (non-hydrogen) atoms. The Bertz CT molecular complexity index is 811. The van der Waals surface area contributed by atoms with E-state index in [0.717, 1.165) is 5.56 Å². The Labute approximate surface area is 171 Å². The van der Waals surface area contributed by atoms with Crippen LogP contribution in [0.5, 0.6) is 17.2 Å². The van der Waals surface area contributed by atoms with Gasteiger partial charge in [-0.3, -0.25) is 4.79 Å². The van der Waals surface area contributed by atoms with Crippen LogP contribution in [0, 0.1) is 0 Å². The molecule has 1 unspecified atom stereocenters. The fraction of sp³-hybridized carbons (Fsp3) is 0.364. The molecule has 1 amide bonds. The summed E-state index contributed by atoms with van der Waals surface area (Å²) in [5, 5.41) is 0. The van der Waals surface area contributed by atoms with Crippen LogP contribution >= 0.6 is 0 Å². The number of amides is 1. The van der Waals surface area contributed by atoms with Crippen molar-refractivity contribution in [3.63, 3.8) is 0 Å². The largest absolute Gasteiger partial charge is 0.493 e. The van der Waals surface area contributed by atoms with Gasteiger partial charge in [0.2, 0.25) is 5.75 Å². The quantitative estimate of drug-likeness (QED) is 0.600. The second-order valence-corrected chi connectivity index (χ2v) is 6.26. The number of benzene rings is 2. The number of esters is 1. The zero-order chi connectivity index (χ0) is 21.4. The molecule has 0 aliphatic heterocycles. The van der Waals surface area contributed by atoms with E-state index in [4.69, 9.17) is 18.9 Å². The number of carbonyl (C=O) groups is 2. The second kappa shape index (κ2) is 10.4. The number of hydrogen-bond acceptors (Lipinski definition) is 6. The molecule has 2 aromatic carbocycles. The molecule has 0 bridgehead atoms. The van der Waals surface area contributed by atoms with Crippen LogP contribution in [0.15, 0.2) is 42.5 Å². The monoisotopic (exact) mass is 401 g/mol. The third kappa shape index (κ3) is 5.19. The average Bonchev–Trinajstić information content (AvgIpc) is 2.76. The zero-order valence-electron chi connectivity index (χ0n) is 17.4. The van der Waals surface area contributed by atoms with Crippen molar-refractivity contribution in [3.05, 3.63) is 53.6 Å². The van der Waals surface area contributed by atoms with Crippen LogP contribution in [0.1, 0.15) is 29.8 Å². The molecule has 1 atom stereocenters. The van der Waals surface area contributed by atoms with Gasteiger partial charge < -0.3 is 23.8 Å². The minimum Gasteiger partial charge on any atom is -0.493 e. The van der Waals surface area contributed by atoms with E-state index in [2.05, 4.69) is 0 Å². The molecule has 0 saturated carbocycles. The summed E-state index contributed by atoms with van der Waals surface area (Å²) < 4.78 is 21.1. The number of methoxy groups -OCH3 is 3. The highest BCUT2D eigenvalue weighted by atomic mass is 16.5. The molecule has 0 spiro atoms. The van der Waals surface area contributed by atoms with Crippen LogP contribution in [0.2, 0.25) is 0 Å². The van der Waals surface area contributed by atoms with Gasteiger partial charge in [0.05, 0.1) is 27.9 Å². The summed E-state index contributed by atoms with van der Waals surface area (Å²) in [5.41, 5.74) is 1.20. The molecular weight excluding hydrogens is 374 g/mol. The Morgan fingerprint density at radius 2 is 1.55 bits per heavy atom. The summed E-state index contributed by atoms with van der Waals surface area (Å²) in [6, 6.07) is 11.8.